The third-order valence-electron chi connectivity index (χ3n) is 4.30. The van der Waals surface area contributed by atoms with E-state index in [1.165, 1.54) is 0 Å². The quantitative estimate of drug-likeness (QED) is 0.546. The minimum atomic E-state index is -3.53. The van der Waals surface area contributed by atoms with E-state index in [9.17, 15) is 13.2 Å². The maximum atomic E-state index is 12.6. The Hall–Kier alpha value is -1.60. The maximum absolute atomic E-state index is 12.6. The smallest absolute Gasteiger partial charge is 0.264 e. The molecule has 152 valence electrons. The van der Waals surface area contributed by atoms with E-state index < -0.39 is 10.1 Å². The summed E-state index contributed by atoms with van der Waals surface area (Å²) in [6.45, 7) is 0.418. The van der Waals surface area contributed by atoms with E-state index in [-0.39, 0.29) is 18.4 Å². The fourth-order valence-corrected chi connectivity index (χ4v) is 3.51. The summed E-state index contributed by atoms with van der Waals surface area (Å²) < 4.78 is 27.4. The maximum Gasteiger partial charge on any atom is 0.264 e. The molecule has 0 bridgehead atoms. The van der Waals surface area contributed by atoms with Crippen molar-refractivity contribution in [2.75, 3.05) is 26.5 Å². The van der Waals surface area contributed by atoms with Gasteiger partial charge in [0.25, 0.3) is 10.1 Å². The molecule has 1 amide bonds. The first-order chi connectivity index (χ1) is 13.2. The van der Waals surface area contributed by atoms with Gasteiger partial charge in [0, 0.05) is 19.5 Å². The summed E-state index contributed by atoms with van der Waals surface area (Å²) in [5.74, 6) is -0.179. The number of amides is 1. The van der Waals surface area contributed by atoms with E-state index in [0.29, 0.717) is 29.4 Å². The number of carbonyl (C=O) groups excluding carboxylic acids is 1. The number of nitrogens with zero attached hydrogens (tertiary/aromatic N) is 1. The van der Waals surface area contributed by atoms with Gasteiger partial charge in [0.2, 0.25) is 5.91 Å². The second-order valence-corrected chi connectivity index (χ2v) is 9.08. The first-order valence-corrected chi connectivity index (χ1v) is 11.3. The highest BCUT2D eigenvalue weighted by atomic mass is 35.5. The van der Waals surface area contributed by atoms with Crippen molar-refractivity contribution in [2.45, 2.75) is 18.8 Å². The van der Waals surface area contributed by atoms with Crippen molar-refractivity contribution in [3.8, 4) is 0 Å². The van der Waals surface area contributed by atoms with Crippen molar-refractivity contribution in [1.82, 2.24) is 4.90 Å². The van der Waals surface area contributed by atoms with Crippen LogP contribution in [-0.2, 0) is 25.5 Å². The Morgan fingerprint density at radius 3 is 2.39 bits per heavy atom. The van der Waals surface area contributed by atoms with Crippen LogP contribution in [-0.4, -0.2) is 45.7 Å². The van der Waals surface area contributed by atoms with Crippen LogP contribution in [0.1, 0.15) is 23.5 Å². The van der Waals surface area contributed by atoms with Crippen LogP contribution in [0, 0.1) is 0 Å². The van der Waals surface area contributed by atoms with Gasteiger partial charge in [-0.2, -0.15) is 8.42 Å². The summed E-state index contributed by atoms with van der Waals surface area (Å²) in [6.07, 6.45) is 1.72. The molecule has 2 aromatic carbocycles. The molecule has 0 saturated carbocycles. The second-order valence-electron chi connectivity index (χ2n) is 6.62. The summed E-state index contributed by atoms with van der Waals surface area (Å²) in [7, 11) is -1.80. The highest BCUT2D eigenvalue weighted by Crippen LogP contribution is 2.29. The lowest BCUT2D eigenvalue weighted by Gasteiger charge is -2.25. The molecule has 1 unspecified atom stereocenters. The molecule has 5 nitrogen and oxygen atoms in total. The third-order valence-corrected chi connectivity index (χ3v) is 5.63. The topological polar surface area (TPSA) is 63.7 Å². The van der Waals surface area contributed by atoms with Gasteiger partial charge in [-0.1, -0.05) is 59.6 Å². The average molecular weight is 444 g/mol. The molecule has 0 N–H and O–H groups in total. The lowest BCUT2D eigenvalue weighted by atomic mass is 9.95. The Balaban J connectivity index is 2.10. The molecule has 2 aromatic rings. The number of halogens is 2. The Morgan fingerprint density at radius 1 is 1.11 bits per heavy atom. The van der Waals surface area contributed by atoms with Gasteiger partial charge in [-0.05, 0) is 29.7 Å². The van der Waals surface area contributed by atoms with E-state index in [4.69, 9.17) is 27.4 Å². The fraction of sp³-hybridized carbons (Fsp3) is 0.350. The van der Waals surface area contributed by atoms with Gasteiger partial charge < -0.3 is 4.90 Å². The van der Waals surface area contributed by atoms with E-state index in [2.05, 4.69) is 0 Å². The Kier molecular flexibility index (Phi) is 8.31. The van der Waals surface area contributed by atoms with Gasteiger partial charge in [0.1, 0.15) is 0 Å². The predicted molar refractivity (Wildman–Crippen MR) is 112 cm³/mol. The lowest BCUT2D eigenvalue weighted by Crippen LogP contribution is -2.32. The van der Waals surface area contributed by atoms with Crippen molar-refractivity contribution in [3.63, 3.8) is 0 Å². The zero-order chi connectivity index (χ0) is 20.7. The van der Waals surface area contributed by atoms with Crippen LogP contribution >= 0.6 is 23.2 Å². The fourth-order valence-electron chi connectivity index (χ4n) is 2.81. The summed E-state index contributed by atoms with van der Waals surface area (Å²) >= 11 is 12.1. The van der Waals surface area contributed by atoms with Crippen LogP contribution in [0.5, 0.6) is 0 Å². The van der Waals surface area contributed by atoms with Gasteiger partial charge in [0.05, 0.1) is 29.3 Å². The third kappa shape index (κ3) is 7.43. The number of likely N-dealkylation sites (N-methyl/N-ethyl adjacent to an activating group) is 1. The molecular weight excluding hydrogens is 421 g/mol. The molecule has 1 atom stereocenters. The number of hydrogen-bond acceptors (Lipinski definition) is 4. The van der Waals surface area contributed by atoms with Crippen LogP contribution in [0.4, 0.5) is 0 Å². The largest absolute Gasteiger partial charge is 0.345 e. The van der Waals surface area contributed by atoms with Crippen LogP contribution in [0.3, 0.4) is 0 Å². The van der Waals surface area contributed by atoms with Crippen LogP contribution in [0.2, 0.25) is 10.0 Å². The minimum absolute atomic E-state index is 0.0183. The van der Waals surface area contributed by atoms with Crippen LogP contribution in [0.25, 0.3) is 0 Å². The van der Waals surface area contributed by atoms with Crippen LogP contribution in [0.15, 0.2) is 48.5 Å². The summed E-state index contributed by atoms with van der Waals surface area (Å²) in [5, 5.41) is 0.844. The molecule has 0 fully saturated rings. The van der Waals surface area contributed by atoms with E-state index in [1.807, 2.05) is 36.4 Å². The molecule has 0 aliphatic carbocycles. The monoisotopic (exact) mass is 443 g/mol. The number of carbonyl (C=O) groups is 1. The highest BCUT2D eigenvalue weighted by molar-refractivity contribution is 7.85. The molecule has 0 spiro atoms. The normalized spacial score (nSPS) is 12.6. The number of hydrogen-bond donors (Lipinski definition) is 0. The molecule has 0 heterocycles. The van der Waals surface area contributed by atoms with Gasteiger partial charge in [-0.25, -0.2) is 0 Å². The standard InChI is InChI=1S/C20H23Cl2NO4S/c1-23(20(24)12-15-6-4-3-5-7-15)14-17(10-11-27-28(2,25)26)16-8-9-18(21)19(22)13-16/h3-9,13,17H,10-12,14H2,1-2H3. The van der Waals surface area contributed by atoms with E-state index >= 15 is 0 Å². The average Bonchev–Trinajstić information content (AvgIpc) is 2.63. The minimum Gasteiger partial charge on any atom is -0.345 e. The SMILES string of the molecule is CN(CC(CCOS(C)(=O)=O)c1ccc(Cl)c(Cl)c1)C(=O)Cc1ccccc1. The van der Waals surface area contributed by atoms with Gasteiger partial charge in [-0.15, -0.1) is 0 Å². The van der Waals surface area contributed by atoms with Crippen molar-refractivity contribution in [1.29, 1.82) is 0 Å². The molecule has 0 aliphatic rings. The lowest BCUT2D eigenvalue weighted by molar-refractivity contribution is -0.129. The summed E-state index contributed by atoms with van der Waals surface area (Å²) in [5.41, 5.74) is 1.80. The van der Waals surface area contributed by atoms with Crippen LogP contribution < -0.4 is 0 Å². The molecule has 8 heteroatoms. The van der Waals surface area contributed by atoms with Crippen molar-refractivity contribution in [3.05, 3.63) is 69.7 Å². The van der Waals surface area contributed by atoms with E-state index in [0.717, 1.165) is 17.4 Å². The Labute approximate surface area is 176 Å². The predicted octanol–water partition coefficient (Wildman–Crippen LogP) is 4.14. The molecule has 0 aromatic heterocycles. The molecule has 0 aliphatic heterocycles. The molecule has 0 saturated heterocycles. The first kappa shape index (κ1) is 22.7. The molecule has 2 rings (SSSR count). The zero-order valence-electron chi connectivity index (χ0n) is 15.8. The Bertz CT molecular complexity index is 904. The number of benzene rings is 2. The van der Waals surface area contributed by atoms with Crippen molar-refractivity contribution in [2.24, 2.45) is 0 Å². The van der Waals surface area contributed by atoms with Crippen molar-refractivity contribution >= 4 is 39.2 Å². The molecule has 0 radical (unpaired) electrons. The van der Waals surface area contributed by atoms with E-state index in [1.54, 1.807) is 24.1 Å². The molecular formula is C20H23Cl2NO4S. The van der Waals surface area contributed by atoms with Gasteiger partial charge >= 0.3 is 0 Å². The summed E-state index contributed by atoms with van der Waals surface area (Å²) in [6, 6.07) is 14.8. The highest BCUT2D eigenvalue weighted by Gasteiger charge is 2.19. The molecule has 28 heavy (non-hydrogen) atoms. The zero-order valence-corrected chi connectivity index (χ0v) is 18.1. The summed E-state index contributed by atoms with van der Waals surface area (Å²) in [4.78, 5) is 14.2. The Morgan fingerprint density at radius 2 is 1.79 bits per heavy atom. The first-order valence-electron chi connectivity index (χ1n) is 8.73. The second kappa shape index (κ2) is 10.3. The van der Waals surface area contributed by atoms with Gasteiger partial charge in [-0.3, -0.25) is 8.98 Å². The van der Waals surface area contributed by atoms with Gasteiger partial charge in [0.15, 0.2) is 0 Å². The number of rotatable bonds is 9. The van der Waals surface area contributed by atoms with Crippen molar-refractivity contribution < 1.29 is 17.4 Å².